The molecule has 0 aliphatic heterocycles. The lowest BCUT2D eigenvalue weighted by molar-refractivity contribution is -0.144. The molecule has 0 bridgehead atoms. The summed E-state index contributed by atoms with van der Waals surface area (Å²) in [6.07, 6.45) is -2.31. The van der Waals surface area contributed by atoms with Gasteiger partial charge in [-0.15, -0.1) is 0 Å². The fourth-order valence-corrected chi connectivity index (χ4v) is 0.604. The molecular weight excluding hydrogens is 171 g/mol. The van der Waals surface area contributed by atoms with Gasteiger partial charge in [0, 0.05) is 7.05 Å². The lowest BCUT2D eigenvalue weighted by Gasteiger charge is -2.04. The van der Waals surface area contributed by atoms with Gasteiger partial charge in [-0.3, -0.25) is 0 Å². The maximum atomic E-state index is 11.9. The van der Waals surface area contributed by atoms with Crippen LogP contribution in [0.15, 0.2) is 12.4 Å². The summed E-state index contributed by atoms with van der Waals surface area (Å²) in [4.78, 5) is 6.24. The topological polar surface area (TPSA) is 37.8 Å². The van der Waals surface area contributed by atoms with E-state index in [4.69, 9.17) is 0 Å². The Bertz CT molecular complexity index is 254. The molecule has 66 valence electrons. The third-order valence-corrected chi connectivity index (χ3v) is 1.19. The number of hydrogen-bond acceptors (Lipinski definition) is 3. The molecule has 0 spiro atoms. The van der Waals surface area contributed by atoms with Gasteiger partial charge in [0.15, 0.2) is 0 Å². The molecule has 0 aliphatic rings. The Kier molecular flexibility index (Phi) is 2.16. The van der Waals surface area contributed by atoms with Crippen LogP contribution in [0.2, 0.25) is 0 Å². The standard InChI is InChI=1S/C6H6F3N3/c1-10-4-2-11-5(12-3-4)6(7,8)9/h2-3,10H,1H3. The first-order chi connectivity index (χ1) is 5.54. The van der Waals surface area contributed by atoms with Crippen LogP contribution < -0.4 is 5.32 Å². The van der Waals surface area contributed by atoms with Crippen LogP contribution in [0.3, 0.4) is 0 Å². The van der Waals surface area contributed by atoms with Gasteiger partial charge < -0.3 is 5.32 Å². The van der Waals surface area contributed by atoms with Crippen molar-refractivity contribution in [3.05, 3.63) is 18.2 Å². The molecule has 1 heterocycles. The first-order valence-electron chi connectivity index (χ1n) is 3.11. The summed E-state index contributed by atoms with van der Waals surface area (Å²) in [5, 5.41) is 2.61. The molecule has 0 fully saturated rings. The summed E-state index contributed by atoms with van der Waals surface area (Å²) in [5.41, 5.74) is 0.447. The molecule has 0 atom stereocenters. The Balaban J connectivity index is 2.93. The molecule has 1 aromatic heterocycles. The Labute approximate surface area is 66.6 Å². The van der Waals surface area contributed by atoms with Crippen LogP contribution >= 0.6 is 0 Å². The second kappa shape index (κ2) is 2.96. The molecule has 1 aromatic rings. The number of alkyl halides is 3. The Morgan fingerprint density at radius 1 is 1.25 bits per heavy atom. The highest BCUT2D eigenvalue weighted by Crippen LogP contribution is 2.25. The monoisotopic (exact) mass is 177 g/mol. The number of aromatic nitrogens is 2. The second-order valence-electron chi connectivity index (χ2n) is 2.04. The van der Waals surface area contributed by atoms with E-state index in [9.17, 15) is 13.2 Å². The summed E-state index contributed by atoms with van der Waals surface area (Å²) in [5.74, 6) is -1.12. The molecule has 1 rings (SSSR count). The highest BCUT2D eigenvalue weighted by Gasteiger charge is 2.34. The summed E-state index contributed by atoms with van der Waals surface area (Å²) in [6, 6.07) is 0. The van der Waals surface area contributed by atoms with Crippen LogP contribution in [-0.4, -0.2) is 17.0 Å². The molecule has 0 amide bonds. The van der Waals surface area contributed by atoms with Crippen molar-refractivity contribution in [1.29, 1.82) is 0 Å². The minimum absolute atomic E-state index is 0.447. The first kappa shape index (κ1) is 8.76. The van der Waals surface area contributed by atoms with Gasteiger partial charge in [-0.2, -0.15) is 13.2 Å². The highest BCUT2D eigenvalue weighted by molar-refractivity contribution is 5.36. The Morgan fingerprint density at radius 3 is 2.08 bits per heavy atom. The maximum Gasteiger partial charge on any atom is 0.451 e. The van der Waals surface area contributed by atoms with Crippen molar-refractivity contribution in [2.75, 3.05) is 12.4 Å². The first-order valence-corrected chi connectivity index (χ1v) is 3.11. The van der Waals surface area contributed by atoms with E-state index in [1.165, 1.54) is 0 Å². The van der Waals surface area contributed by atoms with Crippen LogP contribution in [0.5, 0.6) is 0 Å². The molecule has 0 aliphatic carbocycles. The number of rotatable bonds is 1. The van der Waals surface area contributed by atoms with E-state index in [1.807, 2.05) is 0 Å². The molecule has 12 heavy (non-hydrogen) atoms. The van der Waals surface area contributed by atoms with E-state index < -0.39 is 12.0 Å². The number of nitrogens with one attached hydrogen (secondary N) is 1. The molecule has 1 N–H and O–H groups in total. The largest absolute Gasteiger partial charge is 0.451 e. The van der Waals surface area contributed by atoms with Crippen molar-refractivity contribution in [2.45, 2.75) is 6.18 Å². The van der Waals surface area contributed by atoms with Crippen LogP contribution in [0, 0.1) is 0 Å². The average molecular weight is 177 g/mol. The number of anilines is 1. The van der Waals surface area contributed by atoms with Gasteiger partial charge in [0.2, 0.25) is 5.82 Å². The van der Waals surface area contributed by atoms with Gasteiger partial charge in [-0.05, 0) is 0 Å². The second-order valence-corrected chi connectivity index (χ2v) is 2.04. The van der Waals surface area contributed by atoms with Gasteiger partial charge in [-0.25, -0.2) is 9.97 Å². The third-order valence-electron chi connectivity index (χ3n) is 1.19. The molecule has 0 saturated carbocycles. The zero-order valence-electron chi connectivity index (χ0n) is 6.18. The van der Waals surface area contributed by atoms with Gasteiger partial charge >= 0.3 is 6.18 Å². The fraction of sp³-hybridized carbons (Fsp3) is 0.333. The van der Waals surface area contributed by atoms with Crippen molar-refractivity contribution in [2.24, 2.45) is 0 Å². The summed E-state index contributed by atoms with van der Waals surface area (Å²) < 4.78 is 35.6. The quantitative estimate of drug-likeness (QED) is 0.706. The number of nitrogens with zero attached hydrogens (tertiary/aromatic N) is 2. The molecular formula is C6H6F3N3. The number of halogens is 3. The molecule has 3 nitrogen and oxygen atoms in total. The predicted molar refractivity (Wildman–Crippen MR) is 36.6 cm³/mol. The average Bonchev–Trinajstić information content (AvgIpc) is 2.03. The van der Waals surface area contributed by atoms with Crippen LogP contribution in [-0.2, 0) is 6.18 Å². The summed E-state index contributed by atoms with van der Waals surface area (Å²) in [7, 11) is 1.58. The molecule has 0 aromatic carbocycles. The van der Waals surface area contributed by atoms with E-state index in [1.54, 1.807) is 7.05 Å². The number of hydrogen-bond donors (Lipinski definition) is 1. The van der Waals surface area contributed by atoms with E-state index in [0.717, 1.165) is 12.4 Å². The molecule has 6 heteroatoms. The zero-order valence-corrected chi connectivity index (χ0v) is 6.18. The SMILES string of the molecule is CNc1cnc(C(F)(F)F)nc1. The predicted octanol–water partition coefficient (Wildman–Crippen LogP) is 1.54. The summed E-state index contributed by atoms with van der Waals surface area (Å²) >= 11 is 0. The van der Waals surface area contributed by atoms with E-state index >= 15 is 0 Å². The molecule has 0 radical (unpaired) electrons. The lowest BCUT2D eigenvalue weighted by atomic mass is 10.5. The Morgan fingerprint density at radius 2 is 1.75 bits per heavy atom. The smallest absolute Gasteiger partial charge is 0.386 e. The van der Waals surface area contributed by atoms with Crippen molar-refractivity contribution in [1.82, 2.24) is 9.97 Å². The van der Waals surface area contributed by atoms with Crippen molar-refractivity contribution >= 4 is 5.69 Å². The zero-order chi connectivity index (χ0) is 9.19. The summed E-state index contributed by atoms with van der Waals surface area (Å²) in [6.45, 7) is 0. The maximum absolute atomic E-state index is 11.9. The molecule has 0 unspecified atom stereocenters. The van der Waals surface area contributed by atoms with Crippen LogP contribution in [0.25, 0.3) is 0 Å². The van der Waals surface area contributed by atoms with Crippen molar-refractivity contribution < 1.29 is 13.2 Å². The van der Waals surface area contributed by atoms with Gasteiger partial charge in [0.25, 0.3) is 0 Å². The van der Waals surface area contributed by atoms with Crippen LogP contribution in [0.1, 0.15) is 5.82 Å². The fourth-order valence-electron chi connectivity index (χ4n) is 0.604. The third kappa shape index (κ3) is 1.84. The van der Waals surface area contributed by atoms with Crippen molar-refractivity contribution in [3.8, 4) is 0 Å². The molecule has 0 saturated heterocycles. The van der Waals surface area contributed by atoms with Gasteiger partial charge in [0.05, 0.1) is 18.1 Å². The van der Waals surface area contributed by atoms with Gasteiger partial charge in [0.1, 0.15) is 0 Å². The van der Waals surface area contributed by atoms with Gasteiger partial charge in [-0.1, -0.05) is 0 Å². The van der Waals surface area contributed by atoms with E-state index in [-0.39, 0.29) is 0 Å². The minimum atomic E-state index is -4.47. The lowest BCUT2D eigenvalue weighted by Crippen LogP contribution is -2.10. The van der Waals surface area contributed by atoms with Crippen molar-refractivity contribution in [3.63, 3.8) is 0 Å². The van der Waals surface area contributed by atoms with Crippen LogP contribution in [0.4, 0.5) is 18.9 Å². The normalized spacial score (nSPS) is 11.3. The minimum Gasteiger partial charge on any atom is -0.386 e. The highest BCUT2D eigenvalue weighted by atomic mass is 19.4. The van der Waals surface area contributed by atoms with E-state index in [2.05, 4.69) is 15.3 Å². The Hall–Kier alpha value is -1.33. The van der Waals surface area contributed by atoms with E-state index in [0.29, 0.717) is 5.69 Å².